The number of hydrazine groups is 1. The Bertz CT molecular complexity index is 839. The van der Waals surface area contributed by atoms with Crippen molar-refractivity contribution >= 4 is 15.9 Å². The highest BCUT2D eigenvalue weighted by molar-refractivity contribution is 7.89. The van der Waals surface area contributed by atoms with E-state index in [9.17, 15) is 17.6 Å². The van der Waals surface area contributed by atoms with Crippen LogP contribution >= 0.6 is 0 Å². The van der Waals surface area contributed by atoms with Crippen LogP contribution in [0.4, 0.5) is 4.39 Å². The maximum Gasteiger partial charge on any atom is 0.257 e. The third-order valence-corrected chi connectivity index (χ3v) is 4.90. The molecule has 134 valence electrons. The number of amides is 1. The van der Waals surface area contributed by atoms with E-state index in [-0.39, 0.29) is 16.7 Å². The molecule has 2 aromatic carbocycles. The molecule has 1 amide bonds. The zero-order chi connectivity index (χ0) is 18.7. The summed E-state index contributed by atoms with van der Waals surface area (Å²) in [5, 5.41) is 0. The van der Waals surface area contributed by atoms with E-state index in [1.54, 1.807) is 12.1 Å². The fourth-order valence-corrected chi connectivity index (χ4v) is 3.01. The summed E-state index contributed by atoms with van der Waals surface area (Å²) in [6, 6.07) is 11.9. The minimum atomic E-state index is -3.86. The number of rotatable bonds is 5. The van der Waals surface area contributed by atoms with Gasteiger partial charge in [-0.3, -0.25) is 10.2 Å². The van der Waals surface area contributed by atoms with Gasteiger partial charge in [-0.05, 0) is 40.8 Å². The zero-order valence-corrected chi connectivity index (χ0v) is 15.2. The van der Waals surface area contributed by atoms with Crippen LogP contribution in [0.3, 0.4) is 0 Å². The average molecular weight is 364 g/mol. The number of nitrogens with one attached hydrogen (secondary N) is 2. The molecule has 0 aliphatic carbocycles. The Morgan fingerprint density at radius 3 is 2.08 bits per heavy atom. The highest BCUT2D eigenvalue weighted by Crippen LogP contribution is 2.23. The SMILES string of the molecule is CC(C)(C)c1ccc(S(=O)(=O)NNC(=O)Cc2ccc(F)cc2)cc1. The summed E-state index contributed by atoms with van der Waals surface area (Å²) in [7, 11) is -3.86. The summed E-state index contributed by atoms with van der Waals surface area (Å²) in [6.45, 7) is 6.10. The van der Waals surface area contributed by atoms with E-state index in [1.165, 1.54) is 36.4 Å². The third kappa shape index (κ3) is 5.37. The van der Waals surface area contributed by atoms with Crippen molar-refractivity contribution in [3.63, 3.8) is 0 Å². The molecule has 0 fully saturated rings. The highest BCUT2D eigenvalue weighted by atomic mass is 32.2. The van der Waals surface area contributed by atoms with Gasteiger partial charge in [-0.1, -0.05) is 45.0 Å². The Labute approximate surface area is 147 Å². The first kappa shape index (κ1) is 19.1. The summed E-state index contributed by atoms with van der Waals surface area (Å²) in [5.41, 5.74) is 3.66. The lowest BCUT2D eigenvalue weighted by atomic mass is 9.87. The number of halogens is 1. The van der Waals surface area contributed by atoms with Gasteiger partial charge in [0.2, 0.25) is 5.91 Å². The molecule has 0 saturated carbocycles. The molecule has 0 radical (unpaired) electrons. The van der Waals surface area contributed by atoms with Crippen molar-refractivity contribution in [2.45, 2.75) is 37.5 Å². The van der Waals surface area contributed by atoms with Crippen LogP contribution < -0.4 is 10.3 Å². The molecule has 0 heterocycles. The maximum atomic E-state index is 12.8. The van der Waals surface area contributed by atoms with Gasteiger partial charge in [0.15, 0.2) is 0 Å². The maximum absolute atomic E-state index is 12.8. The quantitative estimate of drug-likeness (QED) is 0.801. The number of benzene rings is 2. The van der Waals surface area contributed by atoms with Crippen molar-refractivity contribution in [2.24, 2.45) is 0 Å². The van der Waals surface area contributed by atoms with Crippen molar-refractivity contribution in [3.8, 4) is 0 Å². The number of carbonyl (C=O) groups excluding carboxylic acids is 1. The van der Waals surface area contributed by atoms with Crippen LogP contribution in [0.25, 0.3) is 0 Å². The molecular formula is C18H21FN2O3S. The molecule has 0 aromatic heterocycles. The lowest BCUT2D eigenvalue weighted by Gasteiger charge is -2.19. The van der Waals surface area contributed by atoms with Crippen LogP contribution in [0.15, 0.2) is 53.4 Å². The first-order valence-corrected chi connectivity index (χ1v) is 9.22. The summed E-state index contributed by atoms with van der Waals surface area (Å²) >= 11 is 0. The lowest BCUT2D eigenvalue weighted by Crippen LogP contribution is -2.42. The topological polar surface area (TPSA) is 75.3 Å². The number of sulfonamides is 1. The van der Waals surface area contributed by atoms with E-state index >= 15 is 0 Å². The summed E-state index contributed by atoms with van der Waals surface area (Å²) < 4.78 is 37.3. The van der Waals surface area contributed by atoms with Crippen LogP contribution in [-0.4, -0.2) is 14.3 Å². The molecule has 25 heavy (non-hydrogen) atoms. The average Bonchev–Trinajstić information content (AvgIpc) is 2.55. The van der Waals surface area contributed by atoms with Gasteiger partial charge in [0, 0.05) is 0 Å². The van der Waals surface area contributed by atoms with E-state index in [0.29, 0.717) is 5.56 Å². The zero-order valence-electron chi connectivity index (χ0n) is 14.3. The number of carbonyl (C=O) groups is 1. The second-order valence-corrected chi connectivity index (χ2v) is 8.41. The lowest BCUT2D eigenvalue weighted by molar-refractivity contribution is -0.120. The van der Waals surface area contributed by atoms with Gasteiger partial charge in [0.05, 0.1) is 11.3 Å². The molecule has 2 aromatic rings. The molecule has 0 unspecified atom stereocenters. The summed E-state index contributed by atoms with van der Waals surface area (Å²) in [4.78, 5) is 14.0. The summed E-state index contributed by atoms with van der Waals surface area (Å²) in [6.07, 6.45) is -0.0637. The summed E-state index contributed by atoms with van der Waals surface area (Å²) in [5.74, 6) is -0.940. The van der Waals surface area contributed by atoms with E-state index in [0.717, 1.165) is 5.56 Å². The molecular weight excluding hydrogens is 343 g/mol. The van der Waals surface area contributed by atoms with Crippen molar-refractivity contribution in [1.82, 2.24) is 10.3 Å². The molecule has 2 rings (SSSR count). The monoisotopic (exact) mass is 364 g/mol. The van der Waals surface area contributed by atoms with Gasteiger partial charge in [0.25, 0.3) is 10.0 Å². The Kier molecular flexibility index (Phi) is 5.59. The van der Waals surface area contributed by atoms with Crippen molar-refractivity contribution in [2.75, 3.05) is 0 Å². The van der Waals surface area contributed by atoms with E-state index in [2.05, 4.69) is 10.3 Å². The van der Waals surface area contributed by atoms with Crippen LogP contribution in [0.2, 0.25) is 0 Å². The fraction of sp³-hybridized carbons (Fsp3) is 0.278. The molecule has 5 nitrogen and oxygen atoms in total. The molecule has 0 aliphatic heterocycles. The number of hydrogen-bond acceptors (Lipinski definition) is 3. The van der Waals surface area contributed by atoms with Crippen molar-refractivity contribution < 1.29 is 17.6 Å². The van der Waals surface area contributed by atoms with Gasteiger partial charge < -0.3 is 0 Å². The number of hydrogen-bond donors (Lipinski definition) is 2. The molecule has 0 saturated heterocycles. The van der Waals surface area contributed by atoms with Crippen molar-refractivity contribution in [3.05, 3.63) is 65.5 Å². The minimum absolute atomic E-state index is 0.0579. The molecule has 0 spiro atoms. The van der Waals surface area contributed by atoms with Crippen LogP contribution in [0.1, 0.15) is 31.9 Å². The Morgan fingerprint density at radius 2 is 1.56 bits per heavy atom. The van der Waals surface area contributed by atoms with Gasteiger partial charge in [-0.15, -0.1) is 4.83 Å². The smallest absolute Gasteiger partial charge is 0.257 e. The van der Waals surface area contributed by atoms with Gasteiger partial charge in [0.1, 0.15) is 5.82 Å². The molecule has 0 bridgehead atoms. The molecule has 0 atom stereocenters. The van der Waals surface area contributed by atoms with E-state index in [1.807, 2.05) is 20.8 Å². The Morgan fingerprint density at radius 1 is 1.00 bits per heavy atom. The molecule has 2 N–H and O–H groups in total. The first-order chi connectivity index (χ1) is 11.6. The van der Waals surface area contributed by atoms with Crippen LogP contribution in [0, 0.1) is 5.82 Å². The Hall–Kier alpha value is -2.25. The minimum Gasteiger partial charge on any atom is -0.277 e. The van der Waals surface area contributed by atoms with E-state index in [4.69, 9.17) is 0 Å². The molecule has 0 aliphatic rings. The second-order valence-electron chi connectivity index (χ2n) is 6.73. The Balaban J connectivity index is 1.98. The van der Waals surface area contributed by atoms with Crippen LogP contribution in [-0.2, 0) is 26.7 Å². The van der Waals surface area contributed by atoms with Crippen LogP contribution in [0.5, 0.6) is 0 Å². The second kappa shape index (κ2) is 7.33. The predicted molar refractivity (Wildman–Crippen MR) is 93.7 cm³/mol. The third-order valence-electron chi connectivity index (χ3n) is 3.63. The predicted octanol–water partition coefficient (Wildman–Crippen LogP) is 2.68. The van der Waals surface area contributed by atoms with Crippen molar-refractivity contribution in [1.29, 1.82) is 0 Å². The standard InChI is InChI=1S/C18H21FN2O3S/c1-18(2,3)14-6-10-16(11-7-14)25(23,24)21-20-17(22)12-13-4-8-15(19)9-5-13/h4-11,21H,12H2,1-3H3,(H,20,22). The van der Waals surface area contributed by atoms with Gasteiger partial charge in [-0.2, -0.15) is 0 Å². The highest BCUT2D eigenvalue weighted by Gasteiger charge is 2.18. The molecule has 7 heteroatoms. The van der Waals surface area contributed by atoms with Gasteiger partial charge >= 0.3 is 0 Å². The van der Waals surface area contributed by atoms with E-state index < -0.39 is 21.7 Å². The largest absolute Gasteiger partial charge is 0.277 e. The fourth-order valence-electron chi connectivity index (χ4n) is 2.15. The first-order valence-electron chi connectivity index (χ1n) is 7.73. The van der Waals surface area contributed by atoms with Gasteiger partial charge in [-0.25, -0.2) is 12.8 Å². The normalized spacial score (nSPS) is 12.0.